The van der Waals surface area contributed by atoms with Crippen LogP contribution in [0.2, 0.25) is 36.3 Å². The zero-order valence-corrected chi connectivity index (χ0v) is 43.1. The summed E-state index contributed by atoms with van der Waals surface area (Å²) in [5, 5.41) is 0. The van der Waals surface area contributed by atoms with Crippen molar-refractivity contribution in [2.45, 2.75) is 273 Å². The summed E-state index contributed by atoms with van der Waals surface area (Å²) >= 11 is -5.25. The normalized spacial score (nSPS) is 15.1. The van der Waals surface area contributed by atoms with Gasteiger partial charge in [0.05, 0.1) is 0 Å². The van der Waals surface area contributed by atoms with Crippen molar-refractivity contribution in [1.29, 1.82) is 0 Å². The van der Waals surface area contributed by atoms with Crippen LogP contribution in [0.3, 0.4) is 0 Å². The van der Waals surface area contributed by atoms with Gasteiger partial charge in [0, 0.05) is 17.6 Å². The first-order chi connectivity index (χ1) is 26.3. The molecule has 0 amide bonds. The van der Waals surface area contributed by atoms with Crippen LogP contribution in [0.15, 0.2) is 0 Å². The Morgan fingerprint density at radius 3 is 0.545 bits per heavy atom. The van der Waals surface area contributed by atoms with E-state index >= 15 is 0 Å². The van der Waals surface area contributed by atoms with E-state index in [0.717, 1.165) is 35.5 Å². The molecule has 0 bridgehead atoms. The Morgan fingerprint density at radius 1 is 0.327 bits per heavy atom. The van der Waals surface area contributed by atoms with E-state index in [4.69, 9.17) is 15.9 Å². The third-order valence-electron chi connectivity index (χ3n) is 12.7. The molecule has 0 rings (SSSR count). The number of unbranched alkanes of at least 4 members (excludes halogenated alkanes) is 6. The zero-order valence-electron chi connectivity index (χ0n) is 39.8. The van der Waals surface area contributed by atoms with Crippen LogP contribution < -0.4 is 0 Å². The molecule has 0 aromatic rings. The molecule has 2 N–H and O–H groups in total. The van der Waals surface area contributed by atoms with Crippen molar-refractivity contribution < 1.29 is 29.5 Å². The van der Waals surface area contributed by atoms with Crippen molar-refractivity contribution in [3.05, 3.63) is 0 Å². The Hall–Kier alpha value is 0.486. The zero-order chi connectivity index (χ0) is 42.3. The van der Waals surface area contributed by atoms with Crippen molar-refractivity contribution in [1.82, 2.24) is 0 Å². The van der Waals surface area contributed by atoms with Crippen LogP contribution in [-0.4, -0.2) is 25.9 Å². The first-order valence-electron chi connectivity index (χ1n) is 24.7. The van der Waals surface area contributed by atoms with Gasteiger partial charge in [-0.3, -0.25) is 0 Å². The molecule has 6 unspecified atom stereocenters. The fourth-order valence-corrected chi connectivity index (χ4v) is 17.5. The van der Waals surface area contributed by atoms with Gasteiger partial charge in [-0.1, -0.05) is 273 Å². The average Bonchev–Trinajstić information content (AvgIpc) is 3.17. The van der Waals surface area contributed by atoms with Crippen LogP contribution in [0, 0.1) is 35.5 Å². The van der Waals surface area contributed by atoms with Crippen LogP contribution >= 0.6 is 0 Å². The van der Waals surface area contributed by atoms with Crippen molar-refractivity contribution in [2.24, 2.45) is 35.5 Å². The summed E-state index contributed by atoms with van der Waals surface area (Å²) in [7, 11) is -0.334. The molecule has 0 spiro atoms. The quantitative estimate of drug-likeness (QED) is 0.0616. The molecule has 0 aromatic carbocycles. The van der Waals surface area contributed by atoms with E-state index in [0.29, 0.717) is 0 Å². The number of hydrogen-bond donors (Lipinski definition) is 2. The predicted octanol–water partition coefficient (Wildman–Crippen LogP) is 16.9. The Morgan fingerprint density at radius 2 is 0.455 bits per heavy atom. The third-order valence-corrected chi connectivity index (χ3v) is 19.7. The second-order valence-corrected chi connectivity index (χ2v) is 24.5. The van der Waals surface area contributed by atoms with Crippen LogP contribution in [0.25, 0.3) is 0 Å². The second-order valence-electron chi connectivity index (χ2n) is 17.7. The fourth-order valence-electron chi connectivity index (χ4n) is 8.61. The first-order valence-corrected chi connectivity index (χ1v) is 31.1. The third kappa shape index (κ3) is 41.0. The monoisotopic (exact) mass is 853 g/mol. The van der Waals surface area contributed by atoms with Crippen molar-refractivity contribution in [3.8, 4) is 0 Å². The summed E-state index contributed by atoms with van der Waals surface area (Å²) < 4.78 is 31.9. The van der Waals surface area contributed by atoms with Gasteiger partial charge in [-0.15, -0.1) is 0 Å². The molecule has 0 fully saturated rings. The molecular weight excluding hydrogens is 749 g/mol. The van der Waals surface area contributed by atoms with E-state index in [9.17, 15) is 0 Å². The van der Waals surface area contributed by atoms with Crippen molar-refractivity contribution in [2.75, 3.05) is 0 Å². The minimum atomic E-state index is -5.25. The van der Waals surface area contributed by atoms with Gasteiger partial charge in [-0.05, 0) is 35.5 Å². The molecule has 0 saturated heterocycles. The number of rotatable bonds is 36. The van der Waals surface area contributed by atoms with Gasteiger partial charge < -0.3 is 0 Å². The molecule has 2 radical (unpaired) electrons. The Bertz CT molecular complexity index is 709. The maximum absolute atomic E-state index is 8.82. The molecule has 0 aliphatic carbocycles. The molecule has 0 aromatic heterocycles. The summed E-state index contributed by atoms with van der Waals surface area (Å²) in [5.41, 5.74) is 0. The molecule has 334 valence electrons. The molecule has 0 saturated carbocycles. The molecule has 4 nitrogen and oxygen atoms in total. The van der Waals surface area contributed by atoms with Crippen molar-refractivity contribution in [3.63, 3.8) is 0 Å². The molecule has 7 heteroatoms. The van der Waals surface area contributed by atoms with Gasteiger partial charge in [0.25, 0.3) is 0 Å². The van der Waals surface area contributed by atoms with Gasteiger partial charge in [0.2, 0.25) is 0 Å². The molecule has 0 aliphatic heterocycles. The fraction of sp³-hybridized carbons (Fsp3) is 1.00. The van der Waals surface area contributed by atoms with Gasteiger partial charge in [0.15, 0.2) is 0 Å². The summed E-state index contributed by atoms with van der Waals surface area (Å²) in [5.74, 6) is 6.17. The average molecular weight is 854 g/mol. The van der Waals surface area contributed by atoms with Gasteiger partial charge in [0.1, 0.15) is 0 Å². The molecule has 6 atom stereocenters. The second kappa shape index (κ2) is 42.6. The topological polar surface area (TPSA) is 74.6 Å². The van der Waals surface area contributed by atoms with Gasteiger partial charge in [-0.2, -0.15) is 0 Å². The van der Waals surface area contributed by atoms with E-state index < -0.39 is 13.6 Å². The summed E-state index contributed by atoms with van der Waals surface area (Å²) in [6.07, 6.45) is 34.5. The van der Waals surface area contributed by atoms with Crippen LogP contribution in [0.4, 0.5) is 0 Å². The van der Waals surface area contributed by atoms with Crippen molar-refractivity contribution >= 4 is 17.6 Å². The van der Waals surface area contributed by atoms with Gasteiger partial charge in [-0.25, -0.2) is 0 Å². The SMILES string of the molecule is CCCCC(CC)C[Si](CC(CC)CCCC)CC(CC)CCCC.CCCCC(CC)C[Si](CC(CC)CCCC)CC(CC)CCCC.[O]=[Cr](=[O])([OH])[OH]. The van der Waals surface area contributed by atoms with Crippen LogP contribution in [-0.2, 0) is 21.2 Å². The summed E-state index contributed by atoms with van der Waals surface area (Å²) in [6.45, 7) is 28.8. The molecular formula is C48H104CrO4Si2. The van der Waals surface area contributed by atoms with Crippen LogP contribution in [0.1, 0.15) is 237 Å². The Balaban J connectivity index is -0.000000874. The van der Waals surface area contributed by atoms with E-state index in [1.165, 1.54) is 154 Å². The Labute approximate surface area is 354 Å². The molecule has 55 heavy (non-hydrogen) atoms. The van der Waals surface area contributed by atoms with E-state index in [2.05, 4.69) is 83.1 Å². The first kappa shape index (κ1) is 59.8. The minimum absolute atomic E-state index is 0.167. The van der Waals surface area contributed by atoms with E-state index in [-0.39, 0.29) is 17.6 Å². The number of hydrogen-bond acceptors (Lipinski definition) is 2. The van der Waals surface area contributed by atoms with Gasteiger partial charge >= 0.3 is 29.5 Å². The molecule has 0 heterocycles. The van der Waals surface area contributed by atoms with E-state index in [1.54, 1.807) is 36.3 Å². The molecule has 0 aliphatic rings. The summed E-state index contributed by atoms with van der Waals surface area (Å²) in [6, 6.07) is 9.70. The summed E-state index contributed by atoms with van der Waals surface area (Å²) in [4.78, 5) is 0. The Kier molecular flexibility index (Phi) is 46.3. The standard InChI is InChI=1S/2C24H51Si.Cr.2H2O.2O/c2*1-7-13-16-22(10-4)19-25(20-23(11-5)17-14-8-2)21-24(12-6)18-15-9-3;;;;;/h2*22-24H,7-21H2,1-6H3;;2*1H2;;/q;;+2;;;;/p-2. The van der Waals surface area contributed by atoms with E-state index in [1.807, 2.05) is 0 Å². The predicted molar refractivity (Wildman–Crippen MR) is 246 cm³/mol. The maximum atomic E-state index is 8.82. The van der Waals surface area contributed by atoms with Crippen LogP contribution in [0.5, 0.6) is 0 Å².